The van der Waals surface area contributed by atoms with Crippen molar-refractivity contribution in [2.45, 2.75) is 33.6 Å². The van der Waals surface area contributed by atoms with Crippen LogP contribution in [0.3, 0.4) is 0 Å². The number of hydrogen-bond donors (Lipinski definition) is 2. The van der Waals surface area contributed by atoms with Crippen molar-refractivity contribution in [3.05, 3.63) is 0 Å². The average molecular weight is 215 g/mol. The molecule has 0 aromatic rings. The number of hydrogen-bond acceptors (Lipinski definition) is 3. The Morgan fingerprint density at radius 3 is 2.40 bits per heavy atom. The van der Waals surface area contributed by atoms with Crippen LogP contribution in [0.25, 0.3) is 0 Å². The smallest absolute Gasteiger partial charge is 0.235 e. The predicted molar refractivity (Wildman–Crippen MR) is 59.7 cm³/mol. The fourth-order valence-corrected chi connectivity index (χ4v) is 1.41. The monoisotopic (exact) mass is 215 g/mol. The first-order valence-corrected chi connectivity index (χ1v) is 5.17. The van der Waals surface area contributed by atoms with Gasteiger partial charge in [0.2, 0.25) is 5.91 Å². The zero-order chi connectivity index (χ0) is 12.1. The third kappa shape index (κ3) is 2.84. The molecule has 15 heavy (non-hydrogen) atoms. The first-order chi connectivity index (χ1) is 6.93. The molecule has 0 aromatic heterocycles. The molecule has 0 heterocycles. The Labute approximate surface area is 90.9 Å². The highest BCUT2D eigenvalue weighted by Crippen LogP contribution is 2.24. The molecule has 88 valence electrons. The third-order valence-corrected chi connectivity index (χ3v) is 2.76. The Kier molecular flexibility index (Phi) is 5.11. The van der Waals surface area contributed by atoms with Crippen molar-refractivity contribution in [2.75, 3.05) is 13.6 Å². The molecule has 0 aliphatic heterocycles. The van der Waals surface area contributed by atoms with E-state index in [1.807, 2.05) is 13.8 Å². The van der Waals surface area contributed by atoms with E-state index in [1.54, 1.807) is 18.9 Å². The van der Waals surface area contributed by atoms with E-state index < -0.39 is 5.41 Å². The van der Waals surface area contributed by atoms with Gasteiger partial charge < -0.3 is 15.8 Å². The number of nitrogens with two attached hydrogens (primary N) is 1. The van der Waals surface area contributed by atoms with E-state index in [9.17, 15) is 4.79 Å². The number of oxime groups is 1. The van der Waals surface area contributed by atoms with Gasteiger partial charge in [-0.15, -0.1) is 0 Å². The van der Waals surface area contributed by atoms with Crippen molar-refractivity contribution in [3.8, 4) is 0 Å². The molecule has 0 rings (SSSR count). The van der Waals surface area contributed by atoms with E-state index >= 15 is 0 Å². The van der Waals surface area contributed by atoms with Crippen molar-refractivity contribution in [1.29, 1.82) is 0 Å². The van der Waals surface area contributed by atoms with Crippen LogP contribution in [0.5, 0.6) is 0 Å². The Balaban J connectivity index is 4.88. The highest BCUT2D eigenvalue weighted by Gasteiger charge is 2.38. The maximum Gasteiger partial charge on any atom is 0.235 e. The van der Waals surface area contributed by atoms with Crippen LogP contribution >= 0.6 is 0 Å². The number of carbonyl (C=O) groups is 1. The van der Waals surface area contributed by atoms with Crippen molar-refractivity contribution >= 4 is 11.7 Å². The van der Waals surface area contributed by atoms with Gasteiger partial charge in [0.1, 0.15) is 5.41 Å². The number of amidine groups is 1. The van der Waals surface area contributed by atoms with Gasteiger partial charge in [-0.05, 0) is 19.8 Å². The molecule has 0 bridgehead atoms. The lowest BCUT2D eigenvalue weighted by molar-refractivity contribution is -0.136. The molecule has 0 saturated carbocycles. The minimum atomic E-state index is -0.904. The maximum absolute atomic E-state index is 12.0. The highest BCUT2D eigenvalue weighted by molar-refractivity contribution is 6.06. The van der Waals surface area contributed by atoms with Crippen molar-refractivity contribution in [2.24, 2.45) is 16.3 Å². The molecule has 0 spiro atoms. The normalized spacial score (nSPS) is 15.9. The molecule has 0 aliphatic rings. The minimum absolute atomic E-state index is 0.0297. The van der Waals surface area contributed by atoms with Gasteiger partial charge in [0.25, 0.3) is 0 Å². The molecule has 0 radical (unpaired) electrons. The summed E-state index contributed by atoms with van der Waals surface area (Å²) in [6.45, 7) is 6.20. The SMILES string of the molecule is CCCN(C)C(=O)C(C)(CC)C(N)=NO. The molecule has 5 heteroatoms. The molecule has 0 fully saturated rings. The number of nitrogens with zero attached hydrogens (tertiary/aromatic N) is 2. The number of carbonyl (C=O) groups excluding carboxylic acids is 1. The second-order valence-electron chi connectivity index (χ2n) is 3.90. The summed E-state index contributed by atoms with van der Waals surface area (Å²) < 4.78 is 0. The summed E-state index contributed by atoms with van der Waals surface area (Å²) in [6.07, 6.45) is 1.40. The summed E-state index contributed by atoms with van der Waals surface area (Å²) in [4.78, 5) is 13.7. The van der Waals surface area contributed by atoms with Gasteiger partial charge >= 0.3 is 0 Å². The first-order valence-electron chi connectivity index (χ1n) is 5.17. The summed E-state index contributed by atoms with van der Waals surface area (Å²) in [5.41, 5.74) is 4.65. The van der Waals surface area contributed by atoms with Crippen LogP contribution < -0.4 is 5.73 Å². The fourth-order valence-electron chi connectivity index (χ4n) is 1.41. The van der Waals surface area contributed by atoms with Crippen LogP contribution in [0.2, 0.25) is 0 Å². The molecule has 1 atom stereocenters. The zero-order valence-electron chi connectivity index (χ0n) is 9.95. The van der Waals surface area contributed by atoms with Gasteiger partial charge in [0.05, 0.1) is 0 Å². The molecule has 1 unspecified atom stereocenters. The van der Waals surface area contributed by atoms with Crippen LogP contribution in [-0.4, -0.2) is 35.4 Å². The van der Waals surface area contributed by atoms with Crippen molar-refractivity contribution in [3.63, 3.8) is 0 Å². The lowest BCUT2D eigenvalue weighted by Gasteiger charge is -2.30. The summed E-state index contributed by atoms with van der Waals surface area (Å²) in [5.74, 6) is -0.139. The fraction of sp³-hybridized carbons (Fsp3) is 0.800. The number of amides is 1. The van der Waals surface area contributed by atoms with Gasteiger partial charge in [-0.2, -0.15) is 0 Å². The largest absolute Gasteiger partial charge is 0.409 e. The van der Waals surface area contributed by atoms with Gasteiger partial charge in [0.15, 0.2) is 5.84 Å². The van der Waals surface area contributed by atoms with E-state index in [1.165, 1.54) is 0 Å². The Morgan fingerprint density at radius 2 is 2.07 bits per heavy atom. The summed E-state index contributed by atoms with van der Waals surface area (Å²) in [6, 6.07) is 0. The molecule has 0 aliphatic carbocycles. The second kappa shape index (κ2) is 5.58. The van der Waals surface area contributed by atoms with Crippen LogP contribution in [0, 0.1) is 5.41 Å². The molecule has 0 saturated heterocycles. The highest BCUT2D eigenvalue weighted by atomic mass is 16.4. The third-order valence-electron chi connectivity index (χ3n) is 2.76. The maximum atomic E-state index is 12.0. The topological polar surface area (TPSA) is 78.9 Å². The summed E-state index contributed by atoms with van der Waals surface area (Å²) in [7, 11) is 1.73. The standard InChI is InChI=1S/C10H21N3O2/c1-5-7-13(4)9(14)10(3,6-2)8(11)12-15/h15H,5-7H2,1-4H3,(H2,11,12). The Morgan fingerprint density at radius 1 is 1.53 bits per heavy atom. The molecular weight excluding hydrogens is 194 g/mol. The van der Waals surface area contributed by atoms with Crippen molar-refractivity contribution < 1.29 is 10.0 Å². The van der Waals surface area contributed by atoms with Crippen LogP contribution in [0.15, 0.2) is 5.16 Å². The Hall–Kier alpha value is -1.26. The lowest BCUT2D eigenvalue weighted by atomic mass is 9.84. The molecule has 5 nitrogen and oxygen atoms in total. The quantitative estimate of drug-likeness (QED) is 0.311. The molecule has 3 N–H and O–H groups in total. The number of rotatable bonds is 5. The van der Waals surface area contributed by atoms with Gasteiger partial charge in [-0.3, -0.25) is 4.79 Å². The predicted octanol–water partition coefficient (Wildman–Crippen LogP) is 1.02. The second-order valence-corrected chi connectivity index (χ2v) is 3.90. The van der Waals surface area contributed by atoms with E-state index in [0.29, 0.717) is 13.0 Å². The van der Waals surface area contributed by atoms with Crippen LogP contribution in [0.1, 0.15) is 33.6 Å². The molecular formula is C10H21N3O2. The lowest BCUT2D eigenvalue weighted by Crippen LogP contribution is -2.48. The Bertz CT molecular complexity index is 253. The van der Waals surface area contributed by atoms with Gasteiger partial charge in [0, 0.05) is 13.6 Å². The zero-order valence-corrected chi connectivity index (χ0v) is 9.95. The van der Waals surface area contributed by atoms with Gasteiger partial charge in [-0.25, -0.2) is 0 Å². The average Bonchev–Trinajstić information content (AvgIpc) is 2.26. The van der Waals surface area contributed by atoms with Crippen LogP contribution in [-0.2, 0) is 4.79 Å². The minimum Gasteiger partial charge on any atom is -0.409 e. The van der Waals surface area contributed by atoms with Crippen molar-refractivity contribution in [1.82, 2.24) is 4.90 Å². The van der Waals surface area contributed by atoms with E-state index in [2.05, 4.69) is 5.16 Å². The molecule has 0 aromatic carbocycles. The summed E-state index contributed by atoms with van der Waals surface area (Å²) in [5, 5.41) is 11.6. The van der Waals surface area contributed by atoms with E-state index in [-0.39, 0.29) is 11.7 Å². The van der Waals surface area contributed by atoms with E-state index in [0.717, 1.165) is 6.42 Å². The first kappa shape index (κ1) is 13.7. The van der Waals surface area contributed by atoms with Crippen LogP contribution in [0.4, 0.5) is 0 Å². The van der Waals surface area contributed by atoms with Gasteiger partial charge in [-0.1, -0.05) is 19.0 Å². The summed E-state index contributed by atoms with van der Waals surface area (Å²) >= 11 is 0. The molecule has 1 amide bonds. The van der Waals surface area contributed by atoms with E-state index in [4.69, 9.17) is 10.9 Å².